The third-order valence-electron chi connectivity index (χ3n) is 3.19. The zero-order valence-electron chi connectivity index (χ0n) is 10.9. The number of aromatic nitrogens is 5. The maximum Gasteiger partial charge on any atom is 0.264 e. The Labute approximate surface area is 114 Å². The SMILES string of the molecule is Cc1nc(C2CC2)[nH]c(=O)c1C(=O)NCc1ncn[nH]1. The van der Waals surface area contributed by atoms with Crippen LogP contribution in [0.25, 0.3) is 0 Å². The van der Waals surface area contributed by atoms with Gasteiger partial charge in [0.25, 0.3) is 11.5 Å². The van der Waals surface area contributed by atoms with Gasteiger partial charge in [0.1, 0.15) is 23.5 Å². The highest BCUT2D eigenvalue weighted by atomic mass is 16.2. The Morgan fingerprint density at radius 1 is 1.50 bits per heavy atom. The molecule has 0 spiro atoms. The number of hydrogen-bond acceptors (Lipinski definition) is 5. The van der Waals surface area contributed by atoms with E-state index in [-0.39, 0.29) is 12.1 Å². The van der Waals surface area contributed by atoms with Crippen molar-refractivity contribution >= 4 is 5.91 Å². The summed E-state index contributed by atoms with van der Waals surface area (Å²) in [5.41, 5.74) is 0.106. The van der Waals surface area contributed by atoms with Gasteiger partial charge in [0.05, 0.1) is 12.2 Å². The van der Waals surface area contributed by atoms with Crippen molar-refractivity contribution in [1.29, 1.82) is 0 Å². The van der Waals surface area contributed by atoms with E-state index in [1.165, 1.54) is 6.33 Å². The lowest BCUT2D eigenvalue weighted by molar-refractivity contribution is 0.0947. The van der Waals surface area contributed by atoms with E-state index >= 15 is 0 Å². The van der Waals surface area contributed by atoms with Crippen molar-refractivity contribution in [2.45, 2.75) is 32.2 Å². The molecule has 2 aromatic rings. The maximum atomic E-state index is 12.0. The summed E-state index contributed by atoms with van der Waals surface area (Å²) < 4.78 is 0. The summed E-state index contributed by atoms with van der Waals surface area (Å²) in [6.45, 7) is 1.85. The first kappa shape index (κ1) is 12.5. The minimum absolute atomic E-state index is 0.0499. The molecule has 3 rings (SSSR count). The van der Waals surface area contributed by atoms with E-state index in [1.807, 2.05) is 0 Å². The number of aryl methyl sites for hydroxylation is 1. The third-order valence-corrected chi connectivity index (χ3v) is 3.19. The molecule has 0 aromatic carbocycles. The molecule has 0 aliphatic heterocycles. The second-order valence-corrected chi connectivity index (χ2v) is 4.80. The number of amides is 1. The molecule has 8 heteroatoms. The average Bonchev–Trinajstić information content (AvgIpc) is 3.13. The van der Waals surface area contributed by atoms with Gasteiger partial charge in [-0.25, -0.2) is 9.97 Å². The number of rotatable bonds is 4. The Morgan fingerprint density at radius 2 is 2.30 bits per heavy atom. The summed E-state index contributed by atoms with van der Waals surface area (Å²) in [7, 11) is 0. The Kier molecular flexibility index (Phi) is 3.05. The third kappa shape index (κ3) is 2.44. The second kappa shape index (κ2) is 4.87. The molecule has 8 nitrogen and oxygen atoms in total. The molecule has 1 amide bonds. The predicted molar refractivity (Wildman–Crippen MR) is 69.1 cm³/mol. The second-order valence-electron chi connectivity index (χ2n) is 4.80. The summed E-state index contributed by atoms with van der Waals surface area (Å²) in [4.78, 5) is 34.9. The molecule has 1 saturated carbocycles. The molecule has 3 N–H and O–H groups in total. The standard InChI is InChI=1S/C12H14N6O2/c1-6-9(11(19)13-4-8-14-5-15-18-8)12(20)17-10(16-6)7-2-3-7/h5,7H,2-4H2,1H3,(H,13,19)(H,14,15,18)(H,16,17,20). The lowest BCUT2D eigenvalue weighted by Gasteiger charge is -2.06. The van der Waals surface area contributed by atoms with Gasteiger partial charge in [0, 0.05) is 5.92 Å². The van der Waals surface area contributed by atoms with Crippen LogP contribution in [-0.4, -0.2) is 31.1 Å². The summed E-state index contributed by atoms with van der Waals surface area (Å²) in [6.07, 6.45) is 3.43. The molecule has 1 aliphatic carbocycles. The van der Waals surface area contributed by atoms with Crippen molar-refractivity contribution in [3.8, 4) is 0 Å². The van der Waals surface area contributed by atoms with Crippen molar-refractivity contribution in [2.24, 2.45) is 0 Å². The molecule has 0 saturated heterocycles. The lowest BCUT2D eigenvalue weighted by atomic mass is 10.2. The van der Waals surface area contributed by atoms with E-state index in [0.717, 1.165) is 12.8 Å². The van der Waals surface area contributed by atoms with E-state index in [9.17, 15) is 9.59 Å². The van der Waals surface area contributed by atoms with E-state index in [2.05, 4.69) is 30.5 Å². The highest BCUT2D eigenvalue weighted by Crippen LogP contribution is 2.37. The van der Waals surface area contributed by atoms with Gasteiger partial charge in [-0.05, 0) is 19.8 Å². The first-order chi connectivity index (χ1) is 9.65. The van der Waals surface area contributed by atoms with Crippen LogP contribution >= 0.6 is 0 Å². The van der Waals surface area contributed by atoms with Gasteiger partial charge in [-0.1, -0.05) is 0 Å². The molecule has 2 aromatic heterocycles. The quantitative estimate of drug-likeness (QED) is 0.725. The molecule has 104 valence electrons. The van der Waals surface area contributed by atoms with E-state index in [1.54, 1.807) is 6.92 Å². The Balaban J connectivity index is 1.78. The van der Waals surface area contributed by atoms with Crippen molar-refractivity contribution in [1.82, 2.24) is 30.5 Å². The number of nitrogens with one attached hydrogen (secondary N) is 3. The molecule has 20 heavy (non-hydrogen) atoms. The van der Waals surface area contributed by atoms with Crippen LogP contribution in [0.2, 0.25) is 0 Å². The van der Waals surface area contributed by atoms with Gasteiger partial charge >= 0.3 is 0 Å². The molecule has 0 unspecified atom stereocenters. The van der Waals surface area contributed by atoms with Gasteiger partial charge in [0.15, 0.2) is 0 Å². The largest absolute Gasteiger partial charge is 0.345 e. The number of nitrogens with zero attached hydrogens (tertiary/aromatic N) is 3. The van der Waals surface area contributed by atoms with Crippen LogP contribution in [0.4, 0.5) is 0 Å². The zero-order chi connectivity index (χ0) is 14.1. The number of aromatic amines is 2. The minimum Gasteiger partial charge on any atom is -0.345 e. The zero-order valence-corrected chi connectivity index (χ0v) is 10.9. The highest BCUT2D eigenvalue weighted by molar-refractivity contribution is 5.94. The summed E-state index contributed by atoms with van der Waals surface area (Å²) in [6, 6.07) is 0. The molecule has 0 bridgehead atoms. The predicted octanol–water partition coefficient (Wildman–Crippen LogP) is 0.00382. The van der Waals surface area contributed by atoms with Crippen molar-refractivity contribution < 1.29 is 4.79 Å². The van der Waals surface area contributed by atoms with E-state index in [0.29, 0.717) is 23.3 Å². The van der Waals surface area contributed by atoms with Crippen LogP contribution in [-0.2, 0) is 6.54 Å². The fraction of sp³-hybridized carbons (Fsp3) is 0.417. The van der Waals surface area contributed by atoms with E-state index in [4.69, 9.17) is 0 Å². The van der Waals surface area contributed by atoms with Crippen molar-refractivity contribution in [2.75, 3.05) is 0 Å². The van der Waals surface area contributed by atoms with Crippen molar-refractivity contribution in [3.63, 3.8) is 0 Å². The topological polar surface area (TPSA) is 116 Å². The molecule has 0 radical (unpaired) electrons. The first-order valence-corrected chi connectivity index (χ1v) is 6.38. The first-order valence-electron chi connectivity index (χ1n) is 6.38. The van der Waals surface area contributed by atoms with Crippen LogP contribution in [0.5, 0.6) is 0 Å². The molecular formula is C12H14N6O2. The van der Waals surface area contributed by atoms with Crippen LogP contribution in [0.15, 0.2) is 11.1 Å². The van der Waals surface area contributed by atoms with Crippen LogP contribution in [0.1, 0.15) is 46.5 Å². The number of H-pyrrole nitrogens is 2. The van der Waals surface area contributed by atoms with Gasteiger partial charge in [-0.2, -0.15) is 5.10 Å². The summed E-state index contributed by atoms with van der Waals surface area (Å²) >= 11 is 0. The van der Waals surface area contributed by atoms with Crippen LogP contribution in [0.3, 0.4) is 0 Å². The fourth-order valence-corrected chi connectivity index (χ4v) is 1.99. The Morgan fingerprint density at radius 3 is 2.90 bits per heavy atom. The number of carbonyl (C=O) groups excluding carboxylic acids is 1. The van der Waals surface area contributed by atoms with Crippen LogP contribution in [0, 0.1) is 6.92 Å². The van der Waals surface area contributed by atoms with Gasteiger partial charge in [-0.15, -0.1) is 0 Å². The van der Waals surface area contributed by atoms with Crippen LogP contribution < -0.4 is 10.9 Å². The molecular weight excluding hydrogens is 260 g/mol. The summed E-state index contributed by atoms with van der Waals surface area (Å²) in [5.74, 6) is 1.08. The molecule has 2 heterocycles. The summed E-state index contributed by atoms with van der Waals surface area (Å²) in [5, 5.41) is 8.92. The maximum absolute atomic E-state index is 12.0. The minimum atomic E-state index is -0.463. The number of hydrogen-bond donors (Lipinski definition) is 3. The smallest absolute Gasteiger partial charge is 0.264 e. The Hall–Kier alpha value is -2.51. The van der Waals surface area contributed by atoms with Gasteiger partial charge < -0.3 is 10.3 Å². The van der Waals surface area contributed by atoms with E-state index < -0.39 is 11.5 Å². The molecule has 1 fully saturated rings. The fourth-order valence-electron chi connectivity index (χ4n) is 1.99. The average molecular weight is 274 g/mol. The lowest BCUT2D eigenvalue weighted by Crippen LogP contribution is -2.32. The van der Waals surface area contributed by atoms with Crippen molar-refractivity contribution in [3.05, 3.63) is 39.6 Å². The normalized spacial score (nSPS) is 14.2. The van der Waals surface area contributed by atoms with Gasteiger partial charge in [0.2, 0.25) is 0 Å². The highest BCUT2D eigenvalue weighted by Gasteiger charge is 2.27. The monoisotopic (exact) mass is 274 g/mol. The number of carbonyl (C=O) groups is 1. The molecule has 1 aliphatic rings. The molecule has 0 atom stereocenters. The van der Waals surface area contributed by atoms with Gasteiger partial charge in [-0.3, -0.25) is 14.7 Å². The Bertz CT molecular complexity index is 686.